The lowest BCUT2D eigenvalue weighted by Gasteiger charge is -2.00. The van der Waals surface area contributed by atoms with Gasteiger partial charge in [0, 0.05) is 4.70 Å². The summed E-state index contributed by atoms with van der Waals surface area (Å²) >= 11 is 1.47. The van der Waals surface area contributed by atoms with E-state index in [4.69, 9.17) is 9.52 Å². The van der Waals surface area contributed by atoms with Gasteiger partial charge in [-0.15, -0.1) is 11.3 Å². The molecule has 0 fully saturated rings. The Labute approximate surface area is 124 Å². The van der Waals surface area contributed by atoms with Crippen molar-refractivity contribution in [2.45, 2.75) is 10.8 Å². The van der Waals surface area contributed by atoms with Gasteiger partial charge < -0.3 is 9.52 Å². The number of hydrogen-bond donors (Lipinski definition) is 1. The zero-order chi connectivity index (χ0) is 15.0. The Kier molecular flexibility index (Phi) is 3.30. The van der Waals surface area contributed by atoms with E-state index in [1.54, 1.807) is 5.38 Å². The Hall–Kier alpha value is -2.12. The number of sulfone groups is 1. The third kappa shape index (κ3) is 2.57. The smallest absolute Gasteiger partial charge is 0.371 e. The molecule has 0 aliphatic rings. The van der Waals surface area contributed by atoms with Gasteiger partial charge in [0.25, 0.3) is 0 Å². The van der Waals surface area contributed by atoms with Crippen molar-refractivity contribution in [2.75, 3.05) is 0 Å². The zero-order valence-electron chi connectivity index (χ0n) is 10.6. The van der Waals surface area contributed by atoms with E-state index in [0.29, 0.717) is 5.56 Å². The molecule has 0 saturated carbocycles. The number of thiophene rings is 1. The molecular weight excluding hydrogens is 312 g/mol. The van der Waals surface area contributed by atoms with Crippen molar-refractivity contribution >= 4 is 37.2 Å². The lowest BCUT2D eigenvalue weighted by Crippen LogP contribution is -2.03. The number of carboxylic acids is 1. The summed E-state index contributed by atoms with van der Waals surface area (Å²) in [6.07, 6.45) is 0. The minimum atomic E-state index is -3.71. The average molecular weight is 322 g/mol. The fraction of sp³-hybridized carbons (Fsp3) is 0.0714. The van der Waals surface area contributed by atoms with Crippen LogP contribution in [0, 0.1) is 0 Å². The number of rotatable bonds is 4. The first-order chi connectivity index (χ1) is 9.97. The van der Waals surface area contributed by atoms with E-state index in [0.717, 1.165) is 16.2 Å². The molecule has 1 aromatic carbocycles. The van der Waals surface area contributed by atoms with Gasteiger partial charge in [0.2, 0.25) is 20.7 Å². The summed E-state index contributed by atoms with van der Waals surface area (Å²) in [6.45, 7) is 0. The van der Waals surface area contributed by atoms with Crippen LogP contribution < -0.4 is 0 Å². The first kappa shape index (κ1) is 13.8. The standard InChI is InChI=1S/C14H10O5S2/c15-14(16)11-5-6-13(19-11)21(17,18)8-9-7-20-12-4-2-1-3-10(9)12/h1-7H,8H2,(H,15,16). The second kappa shape index (κ2) is 5.01. The van der Waals surface area contributed by atoms with Crippen molar-refractivity contribution in [1.29, 1.82) is 0 Å². The fourth-order valence-electron chi connectivity index (χ4n) is 2.02. The summed E-state index contributed by atoms with van der Waals surface area (Å²) in [5.41, 5.74) is 0.684. The maximum Gasteiger partial charge on any atom is 0.371 e. The molecule has 21 heavy (non-hydrogen) atoms. The van der Waals surface area contributed by atoms with Crippen LogP contribution in [-0.2, 0) is 15.6 Å². The zero-order valence-corrected chi connectivity index (χ0v) is 12.3. The van der Waals surface area contributed by atoms with Gasteiger partial charge in [0.05, 0.1) is 5.75 Å². The number of benzene rings is 1. The summed E-state index contributed by atoms with van der Waals surface area (Å²) in [6, 6.07) is 9.84. The number of fused-ring (bicyclic) bond motifs is 1. The van der Waals surface area contributed by atoms with E-state index < -0.39 is 15.8 Å². The van der Waals surface area contributed by atoms with Crippen LogP contribution >= 0.6 is 11.3 Å². The van der Waals surface area contributed by atoms with Gasteiger partial charge in [0.1, 0.15) is 0 Å². The molecular formula is C14H10O5S2. The molecule has 3 aromatic rings. The molecule has 2 aromatic heterocycles. The minimum Gasteiger partial charge on any atom is -0.475 e. The minimum absolute atomic E-state index is 0.219. The van der Waals surface area contributed by atoms with Gasteiger partial charge in [-0.2, -0.15) is 0 Å². The van der Waals surface area contributed by atoms with Gasteiger partial charge in [-0.3, -0.25) is 0 Å². The van der Waals surface area contributed by atoms with Crippen LogP contribution in [0.15, 0.2) is 51.3 Å². The molecule has 0 aliphatic carbocycles. The lowest BCUT2D eigenvalue weighted by atomic mass is 10.2. The third-order valence-electron chi connectivity index (χ3n) is 3.01. The van der Waals surface area contributed by atoms with Gasteiger partial charge in [-0.1, -0.05) is 18.2 Å². The largest absolute Gasteiger partial charge is 0.475 e. The molecule has 0 aliphatic heterocycles. The molecule has 0 radical (unpaired) electrons. The van der Waals surface area contributed by atoms with Crippen molar-refractivity contribution in [3.8, 4) is 0 Å². The normalized spacial score (nSPS) is 11.8. The van der Waals surface area contributed by atoms with E-state index in [2.05, 4.69) is 0 Å². The van der Waals surface area contributed by atoms with Crippen molar-refractivity contribution in [1.82, 2.24) is 0 Å². The van der Waals surface area contributed by atoms with Gasteiger partial charge in [-0.05, 0) is 34.5 Å². The molecule has 108 valence electrons. The summed E-state index contributed by atoms with van der Waals surface area (Å²) in [7, 11) is -3.71. The number of aromatic carboxylic acids is 1. The van der Waals surface area contributed by atoms with Crippen molar-refractivity contribution in [3.63, 3.8) is 0 Å². The highest BCUT2D eigenvalue weighted by Crippen LogP contribution is 2.29. The number of carbonyl (C=O) groups is 1. The molecule has 0 unspecified atom stereocenters. The Morgan fingerprint density at radius 1 is 1.19 bits per heavy atom. The van der Waals surface area contributed by atoms with Crippen LogP contribution in [0.1, 0.15) is 16.1 Å². The van der Waals surface area contributed by atoms with E-state index in [1.807, 2.05) is 24.3 Å². The van der Waals surface area contributed by atoms with Crippen LogP contribution in [-0.4, -0.2) is 19.5 Å². The van der Waals surface area contributed by atoms with Crippen LogP contribution in [0.4, 0.5) is 0 Å². The average Bonchev–Trinajstić information content (AvgIpc) is 3.06. The molecule has 0 bridgehead atoms. The van der Waals surface area contributed by atoms with Gasteiger partial charge >= 0.3 is 5.97 Å². The van der Waals surface area contributed by atoms with Gasteiger partial charge in [-0.25, -0.2) is 13.2 Å². The highest BCUT2D eigenvalue weighted by atomic mass is 32.2. The summed E-state index contributed by atoms with van der Waals surface area (Å²) < 4.78 is 30.5. The monoisotopic (exact) mass is 322 g/mol. The first-order valence-electron chi connectivity index (χ1n) is 5.98. The SMILES string of the molecule is O=C(O)c1ccc(S(=O)(=O)Cc2csc3ccccc23)o1. The number of furan rings is 1. The predicted octanol–water partition coefficient (Wildman–Crippen LogP) is 3.17. The molecule has 0 atom stereocenters. The van der Waals surface area contributed by atoms with E-state index in [1.165, 1.54) is 17.4 Å². The first-order valence-corrected chi connectivity index (χ1v) is 8.51. The molecule has 0 saturated heterocycles. The Balaban J connectivity index is 1.97. The molecule has 2 heterocycles. The Bertz CT molecular complexity index is 918. The second-order valence-corrected chi connectivity index (χ2v) is 7.27. The molecule has 0 amide bonds. The maximum absolute atomic E-state index is 12.3. The highest BCUT2D eigenvalue weighted by Gasteiger charge is 2.23. The topological polar surface area (TPSA) is 84.6 Å². The van der Waals surface area contributed by atoms with Crippen molar-refractivity contribution < 1.29 is 22.7 Å². The van der Waals surface area contributed by atoms with Crippen LogP contribution in [0.2, 0.25) is 0 Å². The van der Waals surface area contributed by atoms with Crippen LogP contribution in [0.25, 0.3) is 10.1 Å². The van der Waals surface area contributed by atoms with Crippen molar-refractivity contribution in [3.05, 3.63) is 53.1 Å². The maximum atomic E-state index is 12.3. The number of hydrogen-bond acceptors (Lipinski definition) is 5. The summed E-state index contributed by atoms with van der Waals surface area (Å²) in [5.74, 6) is -1.90. The molecule has 1 N–H and O–H groups in total. The predicted molar refractivity (Wildman–Crippen MR) is 78.4 cm³/mol. The highest BCUT2D eigenvalue weighted by molar-refractivity contribution is 7.90. The Morgan fingerprint density at radius 2 is 1.95 bits per heavy atom. The quantitative estimate of drug-likeness (QED) is 0.797. The van der Waals surface area contributed by atoms with Crippen molar-refractivity contribution in [2.24, 2.45) is 0 Å². The molecule has 5 nitrogen and oxygen atoms in total. The number of carboxylic acid groups (broad SMARTS) is 1. The second-order valence-electron chi connectivity index (χ2n) is 4.44. The van der Waals surface area contributed by atoms with E-state index in [-0.39, 0.29) is 16.6 Å². The Morgan fingerprint density at radius 3 is 2.67 bits per heavy atom. The fourth-order valence-corrected chi connectivity index (χ4v) is 4.37. The van der Waals surface area contributed by atoms with Gasteiger partial charge in [0.15, 0.2) is 0 Å². The lowest BCUT2D eigenvalue weighted by molar-refractivity contribution is 0.0656. The van der Waals surface area contributed by atoms with Crippen LogP contribution in [0.5, 0.6) is 0 Å². The van der Waals surface area contributed by atoms with E-state index >= 15 is 0 Å². The van der Waals surface area contributed by atoms with E-state index in [9.17, 15) is 13.2 Å². The third-order valence-corrected chi connectivity index (χ3v) is 5.54. The summed E-state index contributed by atoms with van der Waals surface area (Å²) in [4.78, 5) is 10.7. The molecule has 0 spiro atoms. The molecule has 7 heteroatoms. The molecule has 3 rings (SSSR count). The van der Waals surface area contributed by atoms with Crippen LogP contribution in [0.3, 0.4) is 0 Å². The summed E-state index contributed by atoms with van der Waals surface area (Å²) in [5, 5.41) is 11.1.